The maximum atomic E-state index is 8.94. The van der Waals surface area contributed by atoms with Crippen molar-refractivity contribution >= 4 is 0 Å². The Bertz CT molecular complexity index is 717. The van der Waals surface area contributed by atoms with Crippen LogP contribution >= 0.6 is 0 Å². The zero-order valence-electron chi connectivity index (χ0n) is 13.5. The SMILES string of the molecule is COCCOCOc1ccccc1C1(c2ccc(C#N)cc2)CO1. The summed E-state index contributed by atoms with van der Waals surface area (Å²) in [5.41, 5.74) is 2.10. The van der Waals surface area contributed by atoms with Gasteiger partial charge in [0, 0.05) is 12.7 Å². The lowest BCUT2D eigenvalue weighted by atomic mass is 9.90. The molecule has 0 saturated carbocycles. The number of ether oxygens (including phenoxy) is 4. The third-order valence-corrected chi connectivity index (χ3v) is 3.97. The fraction of sp³-hybridized carbons (Fsp3) is 0.316. The normalized spacial score (nSPS) is 18.8. The fourth-order valence-electron chi connectivity index (χ4n) is 2.60. The summed E-state index contributed by atoms with van der Waals surface area (Å²) in [4.78, 5) is 0. The summed E-state index contributed by atoms with van der Waals surface area (Å²) in [6.07, 6.45) is 0. The van der Waals surface area contributed by atoms with E-state index in [1.54, 1.807) is 19.2 Å². The summed E-state index contributed by atoms with van der Waals surface area (Å²) in [5, 5.41) is 8.94. The van der Waals surface area contributed by atoms with Crippen LogP contribution in [0.25, 0.3) is 0 Å². The molecule has 3 rings (SSSR count). The van der Waals surface area contributed by atoms with Crippen molar-refractivity contribution in [1.29, 1.82) is 5.26 Å². The molecule has 0 aromatic heterocycles. The Morgan fingerprint density at radius 1 is 1.12 bits per heavy atom. The van der Waals surface area contributed by atoms with Crippen molar-refractivity contribution in [2.45, 2.75) is 5.60 Å². The minimum Gasteiger partial charge on any atom is -0.467 e. The number of benzene rings is 2. The number of nitriles is 1. The summed E-state index contributed by atoms with van der Waals surface area (Å²) in [6.45, 7) is 1.76. The van der Waals surface area contributed by atoms with Crippen molar-refractivity contribution in [1.82, 2.24) is 0 Å². The average molecular weight is 325 g/mol. The molecule has 0 radical (unpaired) electrons. The van der Waals surface area contributed by atoms with E-state index in [0.717, 1.165) is 16.9 Å². The van der Waals surface area contributed by atoms with Gasteiger partial charge in [0.25, 0.3) is 0 Å². The first-order chi connectivity index (χ1) is 11.8. The number of epoxide rings is 1. The molecule has 1 heterocycles. The van der Waals surface area contributed by atoms with Crippen LogP contribution in [0.2, 0.25) is 0 Å². The highest BCUT2D eigenvalue weighted by atomic mass is 16.7. The molecule has 5 nitrogen and oxygen atoms in total. The Kier molecular flexibility index (Phi) is 5.11. The van der Waals surface area contributed by atoms with Crippen LogP contribution in [0.1, 0.15) is 16.7 Å². The second-order valence-corrected chi connectivity index (χ2v) is 5.46. The van der Waals surface area contributed by atoms with Gasteiger partial charge in [-0.2, -0.15) is 5.26 Å². The minimum atomic E-state index is -0.503. The highest BCUT2D eigenvalue weighted by Crippen LogP contribution is 2.48. The Morgan fingerprint density at radius 3 is 2.54 bits per heavy atom. The first-order valence-electron chi connectivity index (χ1n) is 7.74. The molecule has 0 N–H and O–H groups in total. The molecule has 1 saturated heterocycles. The topological polar surface area (TPSA) is 64.0 Å². The van der Waals surface area contributed by atoms with Crippen molar-refractivity contribution in [3.63, 3.8) is 0 Å². The quantitative estimate of drug-likeness (QED) is 0.424. The fourth-order valence-corrected chi connectivity index (χ4v) is 2.60. The van der Waals surface area contributed by atoms with E-state index in [-0.39, 0.29) is 6.79 Å². The van der Waals surface area contributed by atoms with Gasteiger partial charge in [0.15, 0.2) is 6.79 Å². The summed E-state index contributed by atoms with van der Waals surface area (Å²) in [6, 6.07) is 17.4. The number of nitrogens with zero attached hydrogens (tertiary/aromatic N) is 1. The van der Waals surface area contributed by atoms with Crippen LogP contribution in [0.3, 0.4) is 0 Å². The molecule has 1 unspecified atom stereocenters. The molecule has 1 atom stereocenters. The largest absolute Gasteiger partial charge is 0.467 e. The van der Waals surface area contributed by atoms with Gasteiger partial charge in [-0.25, -0.2) is 0 Å². The van der Waals surface area contributed by atoms with Crippen LogP contribution in [0, 0.1) is 11.3 Å². The predicted octanol–water partition coefficient (Wildman–Crippen LogP) is 2.83. The highest BCUT2D eigenvalue weighted by Gasteiger charge is 2.50. The lowest BCUT2D eigenvalue weighted by molar-refractivity contribution is -0.00922. The van der Waals surface area contributed by atoms with Gasteiger partial charge >= 0.3 is 0 Å². The molecule has 24 heavy (non-hydrogen) atoms. The summed E-state index contributed by atoms with van der Waals surface area (Å²) in [5.74, 6) is 0.733. The number of hydrogen-bond donors (Lipinski definition) is 0. The Balaban J connectivity index is 1.77. The maximum Gasteiger partial charge on any atom is 0.189 e. The third kappa shape index (κ3) is 3.41. The molecular weight excluding hydrogens is 306 g/mol. The van der Waals surface area contributed by atoms with Gasteiger partial charge in [0.2, 0.25) is 0 Å². The predicted molar refractivity (Wildman–Crippen MR) is 87.7 cm³/mol. The van der Waals surface area contributed by atoms with Crippen LogP contribution in [0.5, 0.6) is 5.75 Å². The number of hydrogen-bond acceptors (Lipinski definition) is 5. The lowest BCUT2D eigenvalue weighted by Gasteiger charge is -2.17. The summed E-state index contributed by atoms with van der Waals surface area (Å²) in [7, 11) is 1.63. The van der Waals surface area contributed by atoms with Crippen LogP contribution in [0.4, 0.5) is 0 Å². The van der Waals surface area contributed by atoms with Crippen molar-refractivity contribution in [3.05, 3.63) is 65.2 Å². The Morgan fingerprint density at radius 2 is 1.88 bits per heavy atom. The van der Waals surface area contributed by atoms with Gasteiger partial charge < -0.3 is 18.9 Å². The van der Waals surface area contributed by atoms with Gasteiger partial charge in [-0.15, -0.1) is 0 Å². The van der Waals surface area contributed by atoms with Crippen LogP contribution in [0.15, 0.2) is 48.5 Å². The molecule has 1 aliphatic rings. The zero-order chi connectivity index (χ0) is 16.8. The smallest absolute Gasteiger partial charge is 0.189 e. The van der Waals surface area contributed by atoms with E-state index in [9.17, 15) is 0 Å². The number of methoxy groups -OCH3 is 1. The van der Waals surface area contributed by atoms with Crippen LogP contribution in [-0.2, 0) is 19.8 Å². The highest BCUT2D eigenvalue weighted by molar-refractivity contribution is 5.49. The van der Waals surface area contributed by atoms with Gasteiger partial charge in [-0.1, -0.05) is 30.3 Å². The molecule has 0 bridgehead atoms. The molecule has 0 aliphatic carbocycles. The maximum absolute atomic E-state index is 8.94. The monoisotopic (exact) mass is 325 g/mol. The third-order valence-electron chi connectivity index (χ3n) is 3.97. The van der Waals surface area contributed by atoms with E-state index in [4.69, 9.17) is 24.2 Å². The van der Waals surface area contributed by atoms with Crippen LogP contribution < -0.4 is 4.74 Å². The van der Waals surface area contributed by atoms with Crippen molar-refractivity contribution < 1.29 is 18.9 Å². The number of para-hydroxylation sites is 1. The molecular formula is C19H19NO4. The van der Waals surface area contributed by atoms with Crippen molar-refractivity contribution in [3.8, 4) is 11.8 Å². The molecule has 5 heteroatoms. The Hall–Kier alpha value is -2.39. The van der Waals surface area contributed by atoms with Gasteiger partial charge in [-0.3, -0.25) is 0 Å². The molecule has 1 aliphatic heterocycles. The van der Waals surface area contributed by atoms with E-state index in [2.05, 4.69) is 6.07 Å². The molecule has 2 aromatic carbocycles. The second kappa shape index (κ2) is 7.45. The van der Waals surface area contributed by atoms with Gasteiger partial charge in [0.1, 0.15) is 11.4 Å². The first-order valence-corrected chi connectivity index (χ1v) is 7.74. The minimum absolute atomic E-state index is 0.157. The Labute approximate surface area is 141 Å². The van der Waals surface area contributed by atoms with Crippen molar-refractivity contribution in [2.24, 2.45) is 0 Å². The molecule has 2 aromatic rings. The summed E-state index contributed by atoms with van der Waals surface area (Å²) < 4.78 is 21.9. The zero-order valence-corrected chi connectivity index (χ0v) is 13.5. The number of rotatable bonds is 8. The average Bonchev–Trinajstić information content (AvgIpc) is 3.44. The van der Waals surface area contributed by atoms with E-state index < -0.39 is 5.60 Å². The first kappa shape index (κ1) is 16.5. The van der Waals surface area contributed by atoms with Gasteiger partial charge in [-0.05, 0) is 23.8 Å². The lowest BCUT2D eigenvalue weighted by Crippen LogP contribution is -2.14. The summed E-state index contributed by atoms with van der Waals surface area (Å²) >= 11 is 0. The molecule has 124 valence electrons. The second-order valence-electron chi connectivity index (χ2n) is 5.46. The van der Waals surface area contributed by atoms with E-state index in [0.29, 0.717) is 25.4 Å². The van der Waals surface area contributed by atoms with Crippen LogP contribution in [-0.4, -0.2) is 33.7 Å². The standard InChI is InChI=1S/C19H19NO4/c1-21-10-11-22-14-23-18-5-3-2-4-17(18)19(13-24-19)16-8-6-15(12-20)7-9-16/h2-9H,10-11,13-14H2,1H3. The molecule has 1 fully saturated rings. The van der Waals surface area contributed by atoms with E-state index in [1.165, 1.54) is 0 Å². The molecule has 0 amide bonds. The van der Waals surface area contributed by atoms with Gasteiger partial charge in [0.05, 0.1) is 31.5 Å². The van der Waals surface area contributed by atoms with Crippen molar-refractivity contribution in [2.75, 3.05) is 33.7 Å². The van der Waals surface area contributed by atoms with E-state index in [1.807, 2.05) is 36.4 Å². The molecule has 0 spiro atoms. The van der Waals surface area contributed by atoms with E-state index >= 15 is 0 Å².